The zero-order valence-electron chi connectivity index (χ0n) is 9.81. The molecular weight excluding hydrogens is 361 g/mol. The Morgan fingerprint density at radius 3 is 2.61 bits per heavy atom. The summed E-state index contributed by atoms with van der Waals surface area (Å²) in [6.45, 7) is 2.49. The minimum Gasteiger partial charge on any atom is -0.381 e. The molecule has 0 unspecified atom stereocenters. The Bertz CT molecular complexity index is 570. The van der Waals surface area contributed by atoms with Crippen molar-refractivity contribution >= 4 is 37.5 Å². The fraction of sp³-hybridized carbons (Fsp3) is 0.143. The van der Waals surface area contributed by atoms with Gasteiger partial charge in [0.15, 0.2) is 0 Å². The largest absolute Gasteiger partial charge is 0.381 e. The normalized spacial score (nSPS) is 10.4. The maximum atomic E-state index is 13.5. The molecule has 0 saturated carbocycles. The van der Waals surface area contributed by atoms with E-state index in [1.807, 2.05) is 25.1 Å². The van der Waals surface area contributed by atoms with Crippen LogP contribution in [0.4, 0.5) is 10.1 Å². The number of hydrogen-bond acceptors (Lipinski definition) is 1. The second-order valence-electron chi connectivity index (χ2n) is 4.05. The molecule has 0 atom stereocenters. The number of halogens is 3. The van der Waals surface area contributed by atoms with Crippen molar-refractivity contribution in [3.8, 4) is 0 Å². The van der Waals surface area contributed by atoms with E-state index in [2.05, 4.69) is 37.2 Å². The van der Waals surface area contributed by atoms with Gasteiger partial charge in [0, 0.05) is 26.7 Å². The van der Waals surface area contributed by atoms with Gasteiger partial charge in [-0.1, -0.05) is 31.9 Å². The van der Waals surface area contributed by atoms with Crippen molar-refractivity contribution in [3.05, 3.63) is 62.3 Å². The molecule has 0 aliphatic rings. The number of rotatable bonds is 3. The van der Waals surface area contributed by atoms with E-state index in [1.165, 1.54) is 6.07 Å². The lowest BCUT2D eigenvalue weighted by molar-refractivity contribution is 0.612. The van der Waals surface area contributed by atoms with Crippen molar-refractivity contribution in [2.75, 3.05) is 5.32 Å². The van der Waals surface area contributed by atoms with Crippen LogP contribution in [0, 0.1) is 12.7 Å². The molecular formula is C14H12Br2FN. The molecule has 2 rings (SSSR count). The first-order valence-electron chi connectivity index (χ1n) is 5.50. The number of nitrogens with one attached hydrogen (secondary N) is 1. The SMILES string of the molecule is Cc1cc(NCc2cc(Br)ccc2F)ccc1Br. The van der Waals surface area contributed by atoms with E-state index < -0.39 is 0 Å². The van der Waals surface area contributed by atoms with Gasteiger partial charge in [-0.05, 0) is 48.9 Å². The van der Waals surface area contributed by atoms with Gasteiger partial charge in [-0.25, -0.2) is 4.39 Å². The molecule has 0 spiro atoms. The Kier molecular flexibility index (Phi) is 4.40. The van der Waals surface area contributed by atoms with Crippen molar-refractivity contribution in [1.82, 2.24) is 0 Å². The minimum atomic E-state index is -0.195. The van der Waals surface area contributed by atoms with Crippen LogP contribution >= 0.6 is 31.9 Å². The summed E-state index contributed by atoms with van der Waals surface area (Å²) >= 11 is 6.80. The Morgan fingerprint density at radius 1 is 1.11 bits per heavy atom. The van der Waals surface area contributed by atoms with E-state index in [1.54, 1.807) is 12.1 Å². The first kappa shape index (κ1) is 13.6. The van der Waals surface area contributed by atoms with Crippen LogP contribution < -0.4 is 5.32 Å². The summed E-state index contributed by atoms with van der Waals surface area (Å²) in [5.41, 5.74) is 2.77. The highest BCUT2D eigenvalue weighted by Gasteiger charge is 2.03. The van der Waals surface area contributed by atoms with Gasteiger partial charge in [0.2, 0.25) is 0 Å². The zero-order valence-corrected chi connectivity index (χ0v) is 13.0. The Labute approximate surface area is 123 Å². The molecule has 18 heavy (non-hydrogen) atoms. The topological polar surface area (TPSA) is 12.0 Å². The Morgan fingerprint density at radius 2 is 1.89 bits per heavy atom. The first-order chi connectivity index (χ1) is 8.56. The predicted molar refractivity (Wildman–Crippen MR) is 80.3 cm³/mol. The fourth-order valence-electron chi connectivity index (χ4n) is 1.63. The minimum absolute atomic E-state index is 0.195. The lowest BCUT2D eigenvalue weighted by atomic mass is 10.2. The van der Waals surface area contributed by atoms with E-state index in [9.17, 15) is 4.39 Å². The van der Waals surface area contributed by atoms with E-state index in [0.717, 1.165) is 20.2 Å². The summed E-state index contributed by atoms with van der Waals surface area (Å²) in [7, 11) is 0. The van der Waals surface area contributed by atoms with E-state index in [0.29, 0.717) is 12.1 Å². The molecule has 0 bridgehead atoms. The average Bonchev–Trinajstić information content (AvgIpc) is 2.34. The molecule has 2 aromatic carbocycles. The van der Waals surface area contributed by atoms with Crippen LogP contribution in [0.3, 0.4) is 0 Å². The highest BCUT2D eigenvalue weighted by Crippen LogP contribution is 2.21. The molecule has 1 N–H and O–H groups in total. The van der Waals surface area contributed by atoms with Crippen LogP contribution in [-0.4, -0.2) is 0 Å². The van der Waals surface area contributed by atoms with Gasteiger partial charge >= 0.3 is 0 Å². The second-order valence-corrected chi connectivity index (χ2v) is 5.82. The smallest absolute Gasteiger partial charge is 0.128 e. The number of benzene rings is 2. The molecule has 0 aliphatic carbocycles. The molecule has 1 nitrogen and oxygen atoms in total. The average molecular weight is 373 g/mol. The lowest BCUT2D eigenvalue weighted by Gasteiger charge is -2.09. The fourth-order valence-corrected chi connectivity index (χ4v) is 2.29. The van der Waals surface area contributed by atoms with Crippen molar-refractivity contribution in [2.24, 2.45) is 0 Å². The highest BCUT2D eigenvalue weighted by molar-refractivity contribution is 9.10. The van der Waals surface area contributed by atoms with E-state index in [-0.39, 0.29) is 5.82 Å². The maximum Gasteiger partial charge on any atom is 0.128 e. The summed E-state index contributed by atoms with van der Waals surface area (Å²) < 4.78 is 15.5. The quantitative estimate of drug-likeness (QED) is 0.773. The second kappa shape index (κ2) is 5.85. The van der Waals surface area contributed by atoms with Crippen molar-refractivity contribution in [3.63, 3.8) is 0 Å². The van der Waals surface area contributed by atoms with Gasteiger partial charge in [-0.3, -0.25) is 0 Å². The number of aryl methyl sites for hydroxylation is 1. The Hall–Kier alpha value is -0.870. The van der Waals surface area contributed by atoms with Crippen LogP contribution in [0.25, 0.3) is 0 Å². The standard InChI is InChI=1S/C14H12Br2FN/c1-9-6-12(3-4-13(9)16)18-8-10-7-11(15)2-5-14(10)17/h2-7,18H,8H2,1H3. The van der Waals surface area contributed by atoms with Crippen LogP contribution in [0.1, 0.15) is 11.1 Å². The van der Waals surface area contributed by atoms with Gasteiger partial charge in [-0.15, -0.1) is 0 Å². The zero-order chi connectivity index (χ0) is 13.1. The van der Waals surface area contributed by atoms with Crippen LogP contribution in [0.5, 0.6) is 0 Å². The summed E-state index contributed by atoms with van der Waals surface area (Å²) in [6.07, 6.45) is 0. The van der Waals surface area contributed by atoms with E-state index >= 15 is 0 Å². The van der Waals surface area contributed by atoms with Gasteiger partial charge in [-0.2, -0.15) is 0 Å². The van der Waals surface area contributed by atoms with Gasteiger partial charge in [0.05, 0.1) is 0 Å². The van der Waals surface area contributed by atoms with Crippen LogP contribution in [0.2, 0.25) is 0 Å². The van der Waals surface area contributed by atoms with Crippen molar-refractivity contribution in [2.45, 2.75) is 13.5 Å². The van der Waals surface area contributed by atoms with E-state index in [4.69, 9.17) is 0 Å². The lowest BCUT2D eigenvalue weighted by Crippen LogP contribution is -2.02. The third kappa shape index (κ3) is 3.33. The molecule has 0 heterocycles. The van der Waals surface area contributed by atoms with Crippen molar-refractivity contribution in [1.29, 1.82) is 0 Å². The summed E-state index contributed by atoms with van der Waals surface area (Å²) in [6, 6.07) is 10.9. The first-order valence-corrected chi connectivity index (χ1v) is 7.09. The highest BCUT2D eigenvalue weighted by atomic mass is 79.9. The van der Waals surface area contributed by atoms with Crippen LogP contribution in [0.15, 0.2) is 45.3 Å². The number of hydrogen-bond donors (Lipinski definition) is 1. The summed E-state index contributed by atoms with van der Waals surface area (Å²) in [4.78, 5) is 0. The Balaban J connectivity index is 2.11. The van der Waals surface area contributed by atoms with Gasteiger partial charge < -0.3 is 5.32 Å². The molecule has 0 aromatic heterocycles. The predicted octanol–water partition coefficient (Wildman–Crippen LogP) is 5.27. The summed E-state index contributed by atoms with van der Waals surface area (Å²) in [5, 5.41) is 3.22. The molecule has 2 aromatic rings. The number of anilines is 1. The maximum absolute atomic E-state index is 13.5. The molecule has 0 saturated heterocycles. The van der Waals surface area contributed by atoms with Gasteiger partial charge in [0.25, 0.3) is 0 Å². The molecule has 0 aliphatic heterocycles. The monoisotopic (exact) mass is 371 g/mol. The molecule has 0 radical (unpaired) electrons. The summed E-state index contributed by atoms with van der Waals surface area (Å²) in [5.74, 6) is -0.195. The molecule has 94 valence electrons. The third-order valence-electron chi connectivity index (χ3n) is 2.65. The van der Waals surface area contributed by atoms with Crippen LogP contribution in [-0.2, 0) is 6.54 Å². The molecule has 0 fully saturated rings. The third-order valence-corrected chi connectivity index (χ3v) is 4.03. The van der Waals surface area contributed by atoms with Crippen molar-refractivity contribution < 1.29 is 4.39 Å². The molecule has 0 amide bonds. The molecule has 4 heteroatoms. The van der Waals surface area contributed by atoms with Gasteiger partial charge in [0.1, 0.15) is 5.82 Å².